The molecule has 1 aliphatic rings. The average molecular weight is 249 g/mol. The Bertz CT molecular complexity index is 393. The third kappa shape index (κ3) is 3.32. The number of hydrogen-bond acceptors (Lipinski definition) is 5. The summed E-state index contributed by atoms with van der Waals surface area (Å²) in [6.45, 7) is 8.49. The second-order valence-corrected chi connectivity index (χ2v) is 5.89. The lowest BCUT2D eigenvalue weighted by Gasteiger charge is -2.26. The van der Waals surface area contributed by atoms with Crippen LogP contribution in [0.5, 0.6) is 0 Å². The summed E-state index contributed by atoms with van der Waals surface area (Å²) in [7, 11) is 2.10. The Hall–Kier alpha value is -1.36. The van der Waals surface area contributed by atoms with Crippen LogP contribution < -0.4 is 15.5 Å². The van der Waals surface area contributed by atoms with E-state index in [0.717, 1.165) is 24.7 Å². The van der Waals surface area contributed by atoms with Gasteiger partial charge in [0.15, 0.2) is 0 Å². The number of aromatic nitrogens is 2. The Morgan fingerprint density at radius 2 is 2.17 bits per heavy atom. The predicted octanol–water partition coefficient (Wildman–Crippen LogP) is 1.49. The van der Waals surface area contributed by atoms with Gasteiger partial charge in [0.2, 0.25) is 0 Å². The molecule has 0 radical (unpaired) electrons. The van der Waals surface area contributed by atoms with Crippen LogP contribution >= 0.6 is 0 Å². The van der Waals surface area contributed by atoms with Gasteiger partial charge in [-0.05, 0) is 33.7 Å². The van der Waals surface area contributed by atoms with Gasteiger partial charge in [-0.3, -0.25) is 0 Å². The van der Waals surface area contributed by atoms with E-state index in [4.69, 9.17) is 0 Å². The van der Waals surface area contributed by atoms with Crippen LogP contribution in [0.15, 0.2) is 12.4 Å². The van der Waals surface area contributed by atoms with Gasteiger partial charge >= 0.3 is 0 Å². The van der Waals surface area contributed by atoms with Crippen LogP contribution in [0, 0.1) is 0 Å². The summed E-state index contributed by atoms with van der Waals surface area (Å²) >= 11 is 0. The molecular formula is C13H23N5. The zero-order valence-corrected chi connectivity index (χ0v) is 11.7. The molecule has 5 nitrogen and oxygen atoms in total. The van der Waals surface area contributed by atoms with E-state index in [1.54, 1.807) is 6.33 Å². The van der Waals surface area contributed by atoms with Crippen molar-refractivity contribution in [2.45, 2.75) is 38.8 Å². The van der Waals surface area contributed by atoms with Gasteiger partial charge in [-0.15, -0.1) is 0 Å². The first-order chi connectivity index (χ1) is 8.46. The third-order valence-corrected chi connectivity index (χ3v) is 3.10. The van der Waals surface area contributed by atoms with Gasteiger partial charge in [0.25, 0.3) is 0 Å². The van der Waals surface area contributed by atoms with E-state index in [0.29, 0.717) is 6.04 Å². The van der Waals surface area contributed by atoms with Crippen molar-refractivity contribution in [1.82, 2.24) is 15.3 Å². The van der Waals surface area contributed by atoms with Crippen molar-refractivity contribution in [3.05, 3.63) is 12.4 Å². The van der Waals surface area contributed by atoms with E-state index in [9.17, 15) is 0 Å². The normalized spacial score (nSPS) is 19.9. The Balaban J connectivity index is 2.11. The fourth-order valence-electron chi connectivity index (χ4n) is 2.15. The Morgan fingerprint density at radius 1 is 1.39 bits per heavy atom. The molecule has 1 aromatic heterocycles. The van der Waals surface area contributed by atoms with Gasteiger partial charge in [0.1, 0.15) is 18.0 Å². The highest BCUT2D eigenvalue weighted by Crippen LogP contribution is 2.19. The van der Waals surface area contributed by atoms with Crippen LogP contribution in [0.3, 0.4) is 0 Å². The first-order valence-corrected chi connectivity index (χ1v) is 6.49. The Kier molecular flexibility index (Phi) is 3.71. The highest BCUT2D eigenvalue weighted by atomic mass is 15.2. The zero-order chi connectivity index (χ0) is 13.2. The minimum atomic E-state index is 0.0130. The molecule has 0 spiro atoms. The number of nitrogens with one attached hydrogen (secondary N) is 2. The summed E-state index contributed by atoms with van der Waals surface area (Å²) in [6, 6.07) is 2.55. The summed E-state index contributed by atoms with van der Waals surface area (Å²) in [5.41, 5.74) is 0.0130. The molecule has 0 aromatic carbocycles. The van der Waals surface area contributed by atoms with Gasteiger partial charge in [-0.25, -0.2) is 9.97 Å². The molecule has 1 fully saturated rings. The molecule has 0 amide bonds. The number of likely N-dealkylation sites (N-methyl/N-ethyl adjacent to an activating group) is 1. The van der Waals surface area contributed by atoms with Crippen molar-refractivity contribution < 1.29 is 0 Å². The van der Waals surface area contributed by atoms with E-state index in [2.05, 4.69) is 53.3 Å². The lowest BCUT2D eigenvalue weighted by Crippen LogP contribution is -2.34. The molecule has 0 saturated carbocycles. The van der Waals surface area contributed by atoms with Gasteiger partial charge in [0, 0.05) is 31.2 Å². The molecule has 1 atom stereocenters. The fraction of sp³-hybridized carbons (Fsp3) is 0.692. The number of rotatable bonds is 3. The highest BCUT2D eigenvalue weighted by molar-refractivity contribution is 5.49. The van der Waals surface area contributed by atoms with Crippen LogP contribution in [0.4, 0.5) is 11.6 Å². The number of nitrogens with zero attached hydrogens (tertiary/aromatic N) is 3. The number of anilines is 2. The molecule has 18 heavy (non-hydrogen) atoms. The van der Waals surface area contributed by atoms with E-state index in [-0.39, 0.29) is 5.54 Å². The van der Waals surface area contributed by atoms with E-state index in [1.165, 1.54) is 6.42 Å². The van der Waals surface area contributed by atoms with Crippen molar-refractivity contribution in [3.63, 3.8) is 0 Å². The Labute approximate surface area is 109 Å². The first kappa shape index (κ1) is 13.1. The lowest BCUT2D eigenvalue weighted by atomic mass is 10.1. The number of hydrogen-bond donors (Lipinski definition) is 2. The second kappa shape index (κ2) is 5.10. The lowest BCUT2D eigenvalue weighted by molar-refractivity contribution is 0.629. The predicted molar refractivity (Wildman–Crippen MR) is 75.1 cm³/mol. The first-order valence-electron chi connectivity index (χ1n) is 6.49. The van der Waals surface area contributed by atoms with E-state index < -0.39 is 0 Å². The molecule has 1 unspecified atom stereocenters. The molecule has 0 aliphatic carbocycles. The Morgan fingerprint density at radius 3 is 2.78 bits per heavy atom. The monoisotopic (exact) mass is 249 g/mol. The third-order valence-electron chi connectivity index (χ3n) is 3.10. The molecule has 5 heteroatoms. The molecule has 2 rings (SSSR count). The smallest absolute Gasteiger partial charge is 0.134 e. The summed E-state index contributed by atoms with van der Waals surface area (Å²) in [6.07, 6.45) is 2.80. The molecule has 1 aliphatic heterocycles. The zero-order valence-electron chi connectivity index (χ0n) is 11.7. The largest absolute Gasteiger partial charge is 0.365 e. The molecule has 0 bridgehead atoms. The summed E-state index contributed by atoms with van der Waals surface area (Å²) in [5, 5.41) is 6.75. The van der Waals surface area contributed by atoms with Gasteiger partial charge in [-0.1, -0.05) is 0 Å². The quantitative estimate of drug-likeness (QED) is 0.850. The highest BCUT2D eigenvalue weighted by Gasteiger charge is 2.21. The summed E-state index contributed by atoms with van der Waals surface area (Å²) in [4.78, 5) is 10.9. The van der Waals surface area contributed by atoms with Crippen LogP contribution in [-0.2, 0) is 0 Å². The molecule has 1 saturated heterocycles. The van der Waals surface area contributed by atoms with E-state index >= 15 is 0 Å². The average Bonchev–Trinajstić information content (AvgIpc) is 2.79. The maximum atomic E-state index is 4.36. The maximum absolute atomic E-state index is 4.36. The van der Waals surface area contributed by atoms with Crippen molar-refractivity contribution in [1.29, 1.82) is 0 Å². The van der Waals surface area contributed by atoms with Gasteiger partial charge < -0.3 is 15.5 Å². The molecule has 1 aromatic rings. The van der Waals surface area contributed by atoms with Crippen LogP contribution in [0.25, 0.3) is 0 Å². The van der Waals surface area contributed by atoms with Gasteiger partial charge in [0.05, 0.1) is 0 Å². The fourth-order valence-corrected chi connectivity index (χ4v) is 2.15. The SMILES string of the molecule is CN(c1cc(NC(C)(C)C)ncn1)C1CCNC1. The van der Waals surface area contributed by atoms with Crippen LogP contribution in [0.2, 0.25) is 0 Å². The summed E-state index contributed by atoms with van der Waals surface area (Å²) in [5.74, 6) is 1.86. The van der Waals surface area contributed by atoms with Crippen molar-refractivity contribution in [2.24, 2.45) is 0 Å². The molecule has 100 valence electrons. The topological polar surface area (TPSA) is 53.1 Å². The van der Waals surface area contributed by atoms with Crippen molar-refractivity contribution in [2.75, 3.05) is 30.4 Å². The van der Waals surface area contributed by atoms with Crippen molar-refractivity contribution in [3.8, 4) is 0 Å². The standard InChI is InChI=1S/C13H23N5/c1-13(2,3)17-11-7-12(16-9-15-11)18(4)10-5-6-14-8-10/h7,9-10,14H,5-6,8H2,1-4H3,(H,15,16,17). The van der Waals surface area contributed by atoms with Crippen molar-refractivity contribution >= 4 is 11.6 Å². The van der Waals surface area contributed by atoms with Crippen LogP contribution in [0.1, 0.15) is 27.2 Å². The minimum absolute atomic E-state index is 0.0130. The molecular weight excluding hydrogens is 226 g/mol. The molecule has 2 N–H and O–H groups in total. The second-order valence-electron chi connectivity index (χ2n) is 5.89. The maximum Gasteiger partial charge on any atom is 0.134 e. The minimum Gasteiger partial charge on any atom is -0.365 e. The van der Waals surface area contributed by atoms with Gasteiger partial charge in [-0.2, -0.15) is 0 Å². The molecule has 2 heterocycles. The van der Waals surface area contributed by atoms with E-state index in [1.807, 2.05) is 6.07 Å². The summed E-state index contributed by atoms with van der Waals surface area (Å²) < 4.78 is 0. The van der Waals surface area contributed by atoms with Crippen LogP contribution in [-0.4, -0.2) is 41.7 Å².